The van der Waals surface area contributed by atoms with Gasteiger partial charge < -0.3 is 0 Å². The van der Waals surface area contributed by atoms with E-state index in [1.807, 2.05) is 30.3 Å². The third kappa shape index (κ3) is 3.24. The topological polar surface area (TPSA) is 12.9 Å². The maximum Gasteiger partial charge on any atom is 0.129 e. The molecular weight excluding hydrogens is 306 g/mol. The van der Waals surface area contributed by atoms with Gasteiger partial charge in [-0.15, -0.1) is 11.8 Å². The molecule has 0 atom stereocenters. The van der Waals surface area contributed by atoms with Gasteiger partial charge in [0.15, 0.2) is 0 Å². The molecule has 82 valence electrons. The van der Waals surface area contributed by atoms with Crippen molar-refractivity contribution in [3.05, 3.63) is 57.8 Å². The summed E-state index contributed by atoms with van der Waals surface area (Å²) in [6, 6.07) is 13.8. The molecule has 2 aromatic rings. The fourth-order valence-electron chi connectivity index (χ4n) is 1.24. The van der Waals surface area contributed by atoms with Crippen LogP contribution in [0.2, 0.25) is 5.15 Å². The van der Waals surface area contributed by atoms with Crippen molar-refractivity contribution >= 4 is 39.3 Å². The van der Waals surface area contributed by atoms with Gasteiger partial charge >= 0.3 is 0 Å². The number of rotatable bonds is 3. The molecule has 0 radical (unpaired) electrons. The van der Waals surface area contributed by atoms with Crippen LogP contribution in [0, 0.1) is 0 Å². The molecule has 0 aliphatic rings. The predicted octanol–water partition coefficient (Wildman–Crippen LogP) is 4.79. The summed E-state index contributed by atoms with van der Waals surface area (Å²) < 4.78 is 1.11. The monoisotopic (exact) mass is 313 g/mol. The standard InChI is InChI=1S/C12H9BrClNS/c13-10-5-1-2-6-11(10)16-8-9-4-3-7-12(14)15-9/h1-7H,8H2. The average molecular weight is 315 g/mol. The van der Waals surface area contributed by atoms with E-state index < -0.39 is 0 Å². The lowest BCUT2D eigenvalue weighted by Gasteiger charge is -2.03. The summed E-state index contributed by atoms with van der Waals surface area (Å²) in [5.41, 5.74) is 0.994. The Hall–Kier alpha value is -0.510. The predicted molar refractivity (Wildman–Crippen MR) is 73.0 cm³/mol. The molecule has 0 fully saturated rings. The number of benzene rings is 1. The number of halogens is 2. The van der Waals surface area contributed by atoms with Gasteiger partial charge in [0, 0.05) is 15.1 Å². The molecule has 0 saturated carbocycles. The first-order valence-corrected chi connectivity index (χ1v) is 6.90. The largest absolute Gasteiger partial charge is 0.240 e. The number of nitrogens with zero attached hydrogens (tertiary/aromatic N) is 1. The summed E-state index contributed by atoms with van der Waals surface area (Å²) in [4.78, 5) is 5.46. The Morgan fingerprint density at radius 3 is 2.69 bits per heavy atom. The molecule has 1 aromatic carbocycles. The molecule has 1 nitrogen and oxygen atoms in total. The molecule has 0 aliphatic carbocycles. The van der Waals surface area contributed by atoms with Crippen LogP contribution < -0.4 is 0 Å². The Morgan fingerprint density at radius 2 is 1.94 bits per heavy atom. The van der Waals surface area contributed by atoms with E-state index in [0.29, 0.717) is 5.15 Å². The molecule has 0 N–H and O–H groups in total. The van der Waals surface area contributed by atoms with Crippen molar-refractivity contribution in [2.75, 3.05) is 0 Å². The van der Waals surface area contributed by atoms with Gasteiger partial charge in [0.2, 0.25) is 0 Å². The van der Waals surface area contributed by atoms with Gasteiger partial charge in [0.1, 0.15) is 5.15 Å². The van der Waals surface area contributed by atoms with Crippen LogP contribution in [0.3, 0.4) is 0 Å². The van der Waals surface area contributed by atoms with Crippen molar-refractivity contribution in [1.29, 1.82) is 0 Å². The lowest BCUT2D eigenvalue weighted by Crippen LogP contribution is -1.86. The normalized spacial score (nSPS) is 10.4. The van der Waals surface area contributed by atoms with Gasteiger partial charge in [-0.2, -0.15) is 0 Å². The van der Waals surface area contributed by atoms with Crippen LogP contribution in [0.5, 0.6) is 0 Å². The van der Waals surface area contributed by atoms with E-state index in [9.17, 15) is 0 Å². The zero-order valence-corrected chi connectivity index (χ0v) is 11.5. The minimum absolute atomic E-state index is 0.547. The summed E-state index contributed by atoms with van der Waals surface area (Å²) >= 11 is 11.1. The fourth-order valence-corrected chi connectivity index (χ4v) is 2.90. The van der Waals surface area contributed by atoms with E-state index in [2.05, 4.69) is 27.0 Å². The summed E-state index contributed by atoms with van der Waals surface area (Å²) in [5.74, 6) is 0.823. The zero-order valence-electron chi connectivity index (χ0n) is 8.36. The van der Waals surface area contributed by atoms with E-state index in [1.165, 1.54) is 4.90 Å². The molecule has 0 unspecified atom stereocenters. The second-order valence-electron chi connectivity index (χ2n) is 3.17. The van der Waals surface area contributed by atoms with Crippen LogP contribution >= 0.6 is 39.3 Å². The molecule has 0 aliphatic heterocycles. The molecular formula is C12H9BrClNS. The van der Waals surface area contributed by atoms with Gasteiger partial charge in [0.05, 0.1) is 5.69 Å². The molecule has 0 saturated heterocycles. The highest BCUT2D eigenvalue weighted by Gasteiger charge is 2.01. The van der Waals surface area contributed by atoms with Crippen molar-refractivity contribution in [3.63, 3.8) is 0 Å². The summed E-state index contributed by atoms with van der Waals surface area (Å²) in [7, 11) is 0. The van der Waals surface area contributed by atoms with Crippen LogP contribution in [0.15, 0.2) is 51.8 Å². The summed E-state index contributed by atoms with van der Waals surface area (Å²) in [6.45, 7) is 0. The number of pyridine rings is 1. The fraction of sp³-hybridized carbons (Fsp3) is 0.0833. The third-order valence-corrected chi connectivity index (χ3v) is 4.26. The van der Waals surface area contributed by atoms with Gasteiger partial charge in [-0.1, -0.05) is 29.8 Å². The molecule has 16 heavy (non-hydrogen) atoms. The van der Waals surface area contributed by atoms with Crippen molar-refractivity contribution in [1.82, 2.24) is 4.98 Å². The highest BCUT2D eigenvalue weighted by molar-refractivity contribution is 9.10. The third-order valence-electron chi connectivity index (χ3n) is 1.98. The second kappa shape index (κ2) is 5.71. The highest BCUT2D eigenvalue weighted by Crippen LogP contribution is 2.29. The summed E-state index contributed by atoms with van der Waals surface area (Å²) in [5, 5.41) is 0.547. The second-order valence-corrected chi connectivity index (χ2v) is 5.43. The van der Waals surface area contributed by atoms with Crippen LogP contribution in [-0.4, -0.2) is 4.98 Å². The maximum absolute atomic E-state index is 5.83. The number of hydrogen-bond acceptors (Lipinski definition) is 2. The Bertz CT molecular complexity index is 490. The van der Waals surface area contributed by atoms with E-state index >= 15 is 0 Å². The first kappa shape index (κ1) is 12.0. The first-order chi connectivity index (χ1) is 7.75. The van der Waals surface area contributed by atoms with Gasteiger partial charge in [-0.05, 0) is 40.2 Å². The van der Waals surface area contributed by atoms with Crippen LogP contribution in [0.25, 0.3) is 0 Å². The molecule has 4 heteroatoms. The number of aromatic nitrogens is 1. The molecule has 1 aromatic heterocycles. The smallest absolute Gasteiger partial charge is 0.129 e. The maximum atomic E-state index is 5.83. The SMILES string of the molecule is Clc1cccc(CSc2ccccc2Br)n1. The average Bonchev–Trinajstić information content (AvgIpc) is 2.28. The lowest BCUT2D eigenvalue weighted by atomic mass is 10.4. The molecule has 1 heterocycles. The Kier molecular flexibility index (Phi) is 4.27. The van der Waals surface area contributed by atoms with E-state index in [0.717, 1.165) is 15.9 Å². The van der Waals surface area contributed by atoms with Crippen LogP contribution in [0.4, 0.5) is 0 Å². The molecule has 0 amide bonds. The van der Waals surface area contributed by atoms with Crippen molar-refractivity contribution in [2.24, 2.45) is 0 Å². The molecule has 2 rings (SSSR count). The first-order valence-electron chi connectivity index (χ1n) is 4.74. The van der Waals surface area contributed by atoms with Crippen molar-refractivity contribution in [3.8, 4) is 0 Å². The molecule has 0 bridgehead atoms. The number of thioether (sulfide) groups is 1. The Labute approximate surface area is 112 Å². The van der Waals surface area contributed by atoms with Crippen LogP contribution in [0.1, 0.15) is 5.69 Å². The summed E-state index contributed by atoms with van der Waals surface area (Å²) in [6.07, 6.45) is 0. The molecule has 0 spiro atoms. The van der Waals surface area contributed by atoms with Crippen LogP contribution in [-0.2, 0) is 5.75 Å². The quantitative estimate of drug-likeness (QED) is 0.597. The minimum Gasteiger partial charge on any atom is -0.240 e. The minimum atomic E-state index is 0.547. The van der Waals surface area contributed by atoms with Crippen molar-refractivity contribution < 1.29 is 0 Å². The number of hydrogen-bond donors (Lipinski definition) is 0. The van der Waals surface area contributed by atoms with E-state index in [4.69, 9.17) is 11.6 Å². The zero-order chi connectivity index (χ0) is 11.4. The Balaban J connectivity index is 2.05. The van der Waals surface area contributed by atoms with E-state index in [-0.39, 0.29) is 0 Å². The highest BCUT2D eigenvalue weighted by atomic mass is 79.9. The van der Waals surface area contributed by atoms with Crippen molar-refractivity contribution in [2.45, 2.75) is 10.6 Å². The van der Waals surface area contributed by atoms with Gasteiger partial charge in [-0.25, -0.2) is 4.98 Å². The van der Waals surface area contributed by atoms with Gasteiger partial charge in [-0.3, -0.25) is 0 Å². The van der Waals surface area contributed by atoms with E-state index in [1.54, 1.807) is 17.8 Å². The lowest BCUT2D eigenvalue weighted by molar-refractivity contribution is 1.17. The Morgan fingerprint density at radius 1 is 1.12 bits per heavy atom. The van der Waals surface area contributed by atoms with Gasteiger partial charge in [0.25, 0.3) is 0 Å².